The molecule has 0 bridgehead atoms. The molecule has 1 atom stereocenters. The van der Waals surface area contributed by atoms with Gasteiger partial charge in [0.1, 0.15) is 11.9 Å². The second kappa shape index (κ2) is 10.9. The van der Waals surface area contributed by atoms with E-state index in [4.69, 9.17) is 4.74 Å². The van der Waals surface area contributed by atoms with Crippen molar-refractivity contribution in [1.82, 2.24) is 15.5 Å². The zero-order valence-corrected chi connectivity index (χ0v) is 17.9. The molecule has 0 unspecified atom stereocenters. The molecule has 166 valence electrons. The fourth-order valence-electron chi connectivity index (χ4n) is 4.35. The van der Waals surface area contributed by atoms with E-state index in [0.29, 0.717) is 26.3 Å². The molecule has 0 aromatic heterocycles. The average Bonchev–Trinajstić information content (AvgIpc) is 2.73. The Balaban J connectivity index is 1.64. The maximum Gasteiger partial charge on any atom is 0.242 e. The highest BCUT2D eigenvalue weighted by Gasteiger charge is 2.41. The summed E-state index contributed by atoms with van der Waals surface area (Å²) in [4.78, 5) is 27.8. The Kier molecular flexibility index (Phi) is 8.22. The molecule has 1 aromatic carbocycles. The van der Waals surface area contributed by atoms with Crippen molar-refractivity contribution in [3.8, 4) is 0 Å². The van der Waals surface area contributed by atoms with Gasteiger partial charge in [-0.3, -0.25) is 14.5 Å². The highest BCUT2D eigenvalue weighted by molar-refractivity contribution is 5.89. The van der Waals surface area contributed by atoms with Crippen LogP contribution in [0, 0.1) is 11.2 Å². The molecule has 2 aliphatic heterocycles. The van der Waals surface area contributed by atoms with Gasteiger partial charge in [-0.25, -0.2) is 4.39 Å². The van der Waals surface area contributed by atoms with E-state index in [1.807, 2.05) is 6.07 Å². The topological polar surface area (TPSA) is 70.7 Å². The summed E-state index contributed by atoms with van der Waals surface area (Å²) in [7, 11) is 0. The summed E-state index contributed by atoms with van der Waals surface area (Å²) in [6.07, 6.45) is 4.91. The molecule has 0 radical (unpaired) electrons. The minimum absolute atomic E-state index is 0.0199. The van der Waals surface area contributed by atoms with Gasteiger partial charge in [0.2, 0.25) is 11.8 Å². The first-order valence-electron chi connectivity index (χ1n) is 11.1. The molecule has 1 aromatic rings. The molecule has 1 spiro atoms. The number of rotatable bonds is 2. The van der Waals surface area contributed by atoms with Crippen LogP contribution in [0.2, 0.25) is 0 Å². The van der Waals surface area contributed by atoms with Gasteiger partial charge in [0.15, 0.2) is 0 Å². The second-order valence-electron chi connectivity index (χ2n) is 8.60. The van der Waals surface area contributed by atoms with Crippen molar-refractivity contribution in [2.24, 2.45) is 5.41 Å². The smallest absolute Gasteiger partial charge is 0.242 e. The summed E-state index contributed by atoms with van der Waals surface area (Å²) in [6.45, 7) is 5.86. The fourth-order valence-corrected chi connectivity index (χ4v) is 4.35. The molecule has 2 aliphatic rings. The van der Waals surface area contributed by atoms with Crippen molar-refractivity contribution < 1.29 is 18.7 Å². The first-order valence-corrected chi connectivity index (χ1v) is 11.1. The maximum atomic E-state index is 13.5. The van der Waals surface area contributed by atoms with Crippen molar-refractivity contribution in [3.05, 3.63) is 35.6 Å². The van der Waals surface area contributed by atoms with Crippen molar-refractivity contribution in [2.75, 3.05) is 32.8 Å². The van der Waals surface area contributed by atoms with Gasteiger partial charge in [0.05, 0.1) is 5.41 Å². The summed E-state index contributed by atoms with van der Waals surface area (Å²) < 4.78 is 19.1. The summed E-state index contributed by atoms with van der Waals surface area (Å²) in [5.74, 6) is -0.395. The number of carbonyl (C=O) groups excluding carboxylic acids is 2. The molecule has 2 fully saturated rings. The Morgan fingerprint density at radius 1 is 1.13 bits per heavy atom. The van der Waals surface area contributed by atoms with Crippen LogP contribution in [0.3, 0.4) is 0 Å². The van der Waals surface area contributed by atoms with Gasteiger partial charge in [0.25, 0.3) is 0 Å². The van der Waals surface area contributed by atoms with Crippen LogP contribution in [0.1, 0.15) is 51.0 Å². The number of likely N-dealkylation sites (tertiary alicyclic amines) is 1. The molecular formula is C23H34FN3O3. The standard InChI is InChI=1S/C23H34FN3O3/c1-18-21(28)25-11-5-15-30-14-3-2-8-23(22(29)26-18)9-12-27(13-10-23)17-19-6-4-7-20(24)16-19/h4,6-7,16,18H,2-3,5,8-15,17H2,1H3,(H,25,28)(H,26,29)/t18-/m0/s1. The number of benzene rings is 1. The van der Waals surface area contributed by atoms with Gasteiger partial charge >= 0.3 is 0 Å². The average molecular weight is 420 g/mol. The first-order chi connectivity index (χ1) is 14.5. The number of halogens is 1. The maximum absolute atomic E-state index is 13.5. The van der Waals surface area contributed by atoms with Crippen molar-refractivity contribution in [1.29, 1.82) is 0 Å². The third-order valence-corrected chi connectivity index (χ3v) is 6.29. The van der Waals surface area contributed by atoms with Crippen molar-refractivity contribution in [3.63, 3.8) is 0 Å². The zero-order chi connectivity index (χ0) is 21.4. The number of amides is 2. The Labute approximate surface area is 178 Å². The minimum atomic E-state index is -0.552. The van der Waals surface area contributed by atoms with Gasteiger partial charge in [-0.15, -0.1) is 0 Å². The Bertz CT molecular complexity index is 719. The first kappa shape index (κ1) is 22.7. The van der Waals surface area contributed by atoms with Crippen LogP contribution in [0.4, 0.5) is 4.39 Å². The molecule has 2 amide bonds. The van der Waals surface area contributed by atoms with E-state index < -0.39 is 11.5 Å². The monoisotopic (exact) mass is 419 g/mol. The number of nitrogens with zero attached hydrogens (tertiary/aromatic N) is 1. The number of ether oxygens (including phenoxy) is 1. The number of nitrogens with one attached hydrogen (secondary N) is 2. The second-order valence-corrected chi connectivity index (χ2v) is 8.60. The minimum Gasteiger partial charge on any atom is -0.381 e. The Morgan fingerprint density at radius 3 is 2.67 bits per heavy atom. The van der Waals surface area contributed by atoms with Gasteiger partial charge in [0, 0.05) is 26.3 Å². The number of hydrogen-bond acceptors (Lipinski definition) is 4. The number of carbonyl (C=O) groups is 2. The summed E-state index contributed by atoms with van der Waals surface area (Å²) in [5, 5.41) is 5.83. The van der Waals surface area contributed by atoms with E-state index in [9.17, 15) is 14.0 Å². The predicted octanol–water partition coefficient (Wildman–Crippen LogP) is 2.62. The lowest BCUT2D eigenvalue weighted by molar-refractivity contribution is -0.138. The molecule has 2 saturated heterocycles. The molecule has 7 heteroatoms. The van der Waals surface area contributed by atoms with Gasteiger partial charge < -0.3 is 15.4 Å². The number of hydrogen-bond donors (Lipinski definition) is 2. The molecule has 2 heterocycles. The Hall–Kier alpha value is -1.99. The van der Waals surface area contributed by atoms with E-state index in [0.717, 1.165) is 57.2 Å². The van der Waals surface area contributed by atoms with E-state index in [2.05, 4.69) is 15.5 Å². The van der Waals surface area contributed by atoms with Crippen LogP contribution in [-0.4, -0.2) is 55.6 Å². The fraction of sp³-hybridized carbons (Fsp3) is 0.652. The van der Waals surface area contributed by atoms with E-state index in [1.54, 1.807) is 19.1 Å². The van der Waals surface area contributed by atoms with Gasteiger partial charge in [-0.05, 0) is 69.8 Å². The van der Waals surface area contributed by atoms with Crippen LogP contribution in [0.25, 0.3) is 0 Å². The number of piperidine rings is 1. The largest absolute Gasteiger partial charge is 0.381 e. The summed E-state index contributed by atoms with van der Waals surface area (Å²) in [6, 6.07) is 6.13. The molecule has 0 saturated carbocycles. The van der Waals surface area contributed by atoms with Crippen LogP contribution in [0.15, 0.2) is 24.3 Å². The molecule has 2 N–H and O–H groups in total. The van der Waals surface area contributed by atoms with Crippen LogP contribution < -0.4 is 10.6 Å². The Morgan fingerprint density at radius 2 is 1.90 bits per heavy atom. The lowest BCUT2D eigenvalue weighted by atomic mass is 9.73. The third-order valence-electron chi connectivity index (χ3n) is 6.29. The molecular weight excluding hydrogens is 385 g/mol. The molecule has 0 aliphatic carbocycles. The van der Waals surface area contributed by atoms with Gasteiger partial charge in [-0.2, -0.15) is 0 Å². The zero-order valence-electron chi connectivity index (χ0n) is 17.9. The van der Waals surface area contributed by atoms with E-state index in [1.165, 1.54) is 6.07 Å². The van der Waals surface area contributed by atoms with Crippen LogP contribution >= 0.6 is 0 Å². The molecule has 30 heavy (non-hydrogen) atoms. The summed E-state index contributed by atoms with van der Waals surface area (Å²) in [5.41, 5.74) is 0.487. The highest BCUT2D eigenvalue weighted by Crippen LogP contribution is 2.37. The highest BCUT2D eigenvalue weighted by atomic mass is 19.1. The quantitative estimate of drug-likeness (QED) is 0.773. The molecule has 3 rings (SSSR count). The van der Waals surface area contributed by atoms with E-state index >= 15 is 0 Å². The normalized spacial score (nSPS) is 24.7. The van der Waals surface area contributed by atoms with Crippen molar-refractivity contribution in [2.45, 2.75) is 58.0 Å². The SMILES string of the molecule is C[C@@H]1NC(=O)C2(CCCCOCCCNC1=O)CCN(Cc1cccc(F)c1)CC2. The van der Waals surface area contributed by atoms with E-state index in [-0.39, 0.29) is 17.6 Å². The lowest BCUT2D eigenvalue weighted by Gasteiger charge is -2.41. The summed E-state index contributed by atoms with van der Waals surface area (Å²) >= 11 is 0. The third kappa shape index (κ3) is 6.25. The van der Waals surface area contributed by atoms with Crippen molar-refractivity contribution >= 4 is 11.8 Å². The van der Waals surface area contributed by atoms with Gasteiger partial charge in [-0.1, -0.05) is 18.6 Å². The van der Waals surface area contributed by atoms with Crippen LogP contribution in [0.5, 0.6) is 0 Å². The predicted molar refractivity (Wildman–Crippen MR) is 113 cm³/mol. The lowest BCUT2D eigenvalue weighted by Crippen LogP contribution is -2.53. The van der Waals surface area contributed by atoms with Crippen LogP contribution in [-0.2, 0) is 20.9 Å². The molecule has 6 nitrogen and oxygen atoms in total.